The summed E-state index contributed by atoms with van der Waals surface area (Å²) in [5.41, 5.74) is 5.59. The fraction of sp³-hybridized carbons (Fsp3) is 0.900. The minimum Gasteiger partial charge on any atom is -0.338 e. The van der Waals surface area contributed by atoms with Gasteiger partial charge in [-0.1, -0.05) is 6.92 Å². The van der Waals surface area contributed by atoms with Crippen LogP contribution in [0.2, 0.25) is 0 Å². The zero-order chi connectivity index (χ0) is 9.84. The van der Waals surface area contributed by atoms with Gasteiger partial charge in [-0.2, -0.15) is 0 Å². The van der Waals surface area contributed by atoms with Crippen LogP contribution in [0, 0.1) is 0 Å². The maximum absolute atomic E-state index is 11.7. The zero-order valence-electron chi connectivity index (χ0n) is 8.62. The summed E-state index contributed by atoms with van der Waals surface area (Å²) in [6.45, 7) is 4.81. The molecule has 13 heavy (non-hydrogen) atoms. The fourth-order valence-corrected chi connectivity index (χ4v) is 1.98. The first-order chi connectivity index (χ1) is 6.16. The van der Waals surface area contributed by atoms with Gasteiger partial charge in [-0.15, -0.1) is 0 Å². The molecule has 3 nitrogen and oxygen atoms in total. The number of hydrogen-bond acceptors (Lipinski definition) is 2. The van der Waals surface area contributed by atoms with Crippen molar-refractivity contribution in [1.29, 1.82) is 0 Å². The highest BCUT2D eigenvalue weighted by atomic mass is 16.2. The molecule has 0 aromatic rings. The van der Waals surface area contributed by atoms with Crippen LogP contribution in [-0.2, 0) is 4.79 Å². The van der Waals surface area contributed by atoms with Crippen LogP contribution in [-0.4, -0.2) is 29.4 Å². The van der Waals surface area contributed by atoms with Crippen LogP contribution in [0.5, 0.6) is 0 Å². The summed E-state index contributed by atoms with van der Waals surface area (Å²) in [7, 11) is 0. The molecule has 3 heteroatoms. The van der Waals surface area contributed by atoms with Crippen LogP contribution in [0.25, 0.3) is 0 Å². The van der Waals surface area contributed by atoms with E-state index in [0.29, 0.717) is 6.04 Å². The van der Waals surface area contributed by atoms with Crippen LogP contribution in [0.1, 0.15) is 39.5 Å². The van der Waals surface area contributed by atoms with Gasteiger partial charge in [0.05, 0.1) is 6.04 Å². The topological polar surface area (TPSA) is 46.3 Å². The maximum Gasteiger partial charge on any atom is 0.239 e. The lowest BCUT2D eigenvalue weighted by molar-refractivity contribution is -0.135. The first-order valence-electron chi connectivity index (χ1n) is 5.23. The summed E-state index contributed by atoms with van der Waals surface area (Å²) >= 11 is 0. The van der Waals surface area contributed by atoms with Gasteiger partial charge < -0.3 is 10.6 Å². The molecule has 2 N–H and O–H groups in total. The van der Waals surface area contributed by atoms with Crippen molar-refractivity contribution in [1.82, 2.24) is 4.90 Å². The van der Waals surface area contributed by atoms with E-state index < -0.39 is 0 Å². The van der Waals surface area contributed by atoms with Crippen molar-refractivity contribution >= 4 is 5.91 Å². The van der Waals surface area contributed by atoms with Crippen molar-refractivity contribution in [3.05, 3.63) is 0 Å². The second-order valence-electron chi connectivity index (χ2n) is 3.88. The molecule has 0 spiro atoms. The van der Waals surface area contributed by atoms with Crippen molar-refractivity contribution < 1.29 is 4.79 Å². The predicted octanol–water partition coefficient (Wildman–Crippen LogP) is 1.12. The number of piperidine rings is 1. The number of carbonyl (C=O) groups is 1. The van der Waals surface area contributed by atoms with Gasteiger partial charge in [0.15, 0.2) is 0 Å². The average Bonchev–Trinajstić information content (AvgIpc) is 2.16. The van der Waals surface area contributed by atoms with Gasteiger partial charge in [-0.05, 0) is 32.6 Å². The van der Waals surface area contributed by atoms with Crippen LogP contribution in [0.15, 0.2) is 0 Å². The first-order valence-corrected chi connectivity index (χ1v) is 5.23. The van der Waals surface area contributed by atoms with E-state index in [1.165, 1.54) is 6.42 Å². The standard InChI is InChI=1S/C10H20N2O/c1-3-9-6-4-5-7-12(9)10(13)8(2)11/h8-9H,3-7,11H2,1-2H3/t8-,9?/m1/s1. The molecule has 1 unspecified atom stereocenters. The maximum atomic E-state index is 11.7. The molecule has 76 valence electrons. The summed E-state index contributed by atoms with van der Waals surface area (Å²) < 4.78 is 0. The SMILES string of the molecule is CCC1CCCCN1C(=O)[C@@H](C)N. The van der Waals surface area contributed by atoms with Crippen LogP contribution in [0.4, 0.5) is 0 Å². The van der Waals surface area contributed by atoms with E-state index in [0.717, 1.165) is 25.8 Å². The van der Waals surface area contributed by atoms with Gasteiger partial charge >= 0.3 is 0 Å². The minimum atomic E-state index is -0.341. The molecular weight excluding hydrogens is 164 g/mol. The Balaban J connectivity index is 2.58. The molecule has 0 radical (unpaired) electrons. The Hall–Kier alpha value is -0.570. The Morgan fingerprint density at radius 1 is 1.62 bits per heavy atom. The van der Waals surface area contributed by atoms with Crippen molar-refractivity contribution in [3.8, 4) is 0 Å². The Kier molecular flexibility index (Phi) is 3.72. The second kappa shape index (κ2) is 4.61. The first kappa shape index (κ1) is 10.5. The quantitative estimate of drug-likeness (QED) is 0.699. The molecular formula is C10H20N2O. The summed E-state index contributed by atoms with van der Waals surface area (Å²) in [6.07, 6.45) is 4.59. The summed E-state index contributed by atoms with van der Waals surface area (Å²) in [5.74, 6) is 0.117. The van der Waals surface area contributed by atoms with Crippen LogP contribution < -0.4 is 5.73 Å². The third-order valence-corrected chi connectivity index (χ3v) is 2.77. The molecule has 1 fully saturated rings. The highest BCUT2D eigenvalue weighted by Gasteiger charge is 2.26. The minimum absolute atomic E-state index is 0.117. The molecule has 1 heterocycles. The highest BCUT2D eigenvalue weighted by Crippen LogP contribution is 2.19. The molecule has 1 aliphatic heterocycles. The predicted molar refractivity (Wildman–Crippen MR) is 53.3 cm³/mol. The molecule has 2 atom stereocenters. The van der Waals surface area contributed by atoms with E-state index in [1.54, 1.807) is 6.92 Å². The molecule has 1 rings (SSSR count). The Morgan fingerprint density at radius 2 is 2.31 bits per heavy atom. The zero-order valence-corrected chi connectivity index (χ0v) is 8.62. The molecule has 1 saturated heterocycles. The van der Waals surface area contributed by atoms with Crippen molar-refractivity contribution in [2.45, 2.75) is 51.6 Å². The van der Waals surface area contributed by atoms with E-state index in [9.17, 15) is 4.79 Å². The molecule has 1 aliphatic rings. The Labute approximate surface area is 80.3 Å². The van der Waals surface area contributed by atoms with E-state index in [-0.39, 0.29) is 11.9 Å². The van der Waals surface area contributed by atoms with Crippen molar-refractivity contribution in [2.24, 2.45) is 5.73 Å². The van der Waals surface area contributed by atoms with Crippen LogP contribution >= 0.6 is 0 Å². The number of likely N-dealkylation sites (tertiary alicyclic amines) is 1. The van der Waals surface area contributed by atoms with E-state index in [1.807, 2.05) is 4.90 Å². The molecule has 0 aromatic heterocycles. The third-order valence-electron chi connectivity index (χ3n) is 2.77. The Bertz CT molecular complexity index is 180. The number of hydrogen-bond donors (Lipinski definition) is 1. The van der Waals surface area contributed by atoms with Gasteiger partial charge in [0.2, 0.25) is 5.91 Å². The summed E-state index contributed by atoms with van der Waals surface area (Å²) in [5, 5.41) is 0. The second-order valence-corrected chi connectivity index (χ2v) is 3.88. The number of nitrogens with zero attached hydrogens (tertiary/aromatic N) is 1. The normalized spacial score (nSPS) is 25.8. The number of carbonyl (C=O) groups excluding carboxylic acids is 1. The molecule has 1 amide bonds. The number of nitrogens with two attached hydrogens (primary N) is 1. The average molecular weight is 184 g/mol. The summed E-state index contributed by atoms with van der Waals surface area (Å²) in [6, 6.07) is 0.0967. The van der Waals surface area contributed by atoms with E-state index >= 15 is 0 Å². The lowest BCUT2D eigenvalue weighted by atomic mass is 9.99. The lowest BCUT2D eigenvalue weighted by Crippen LogP contribution is -2.49. The Morgan fingerprint density at radius 3 is 2.85 bits per heavy atom. The lowest BCUT2D eigenvalue weighted by Gasteiger charge is -2.36. The van der Waals surface area contributed by atoms with Gasteiger partial charge in [0.25, 0.3) is 0 Å². The molecule has 0 bridgehead atoms. The van der Waals surface area contributed by atoms with Crippen LogP contribution in [0.3, 0.4) is 0 Å². The smallest absolute Gasteiger partial charge is 0.239 e. The largest absolute Gasteiger partial charge is 0.338 e. The van der Waals surface area contributed by atoms with Gasteiger partial charge in [0, 0.05) is 12.6 Å². The van der Waals surface area contributed by atoms with Crippen molar-refractivity contribution in [2.75, 3.05) is 6.54 Å². The van der Waals surface area contributed by atoms with Gasteiger partial charge in [-0.3, -0.25) is 4.79 Å². The van der Waals surface area contributed by atoms with Gasteiger partial charge in [-0.25, -0.2) is 0 Å². The fourth-order valence-electron chi connectivity index (χ4n) is 1.98. The molecule has 0 saturated carbocycles. The summed E-state index contributed by atoms with van der Waals surface area (Å²) in [4.78, 5) is 13.6. The molecule has 0 aromatic carbocycles. The monoisotopic (exact) mass is 184 g/mol. The van der Waals surface area contributed by atoms with Gasteiger partial charge in [0.1, 0.15) is 0 Å². The van der Waals surface area contributed by atoms with E-state index in [2.05, 4.69) is 6.92 Å². The highest BCUT2D eigenvalue weighted by molar-refractivity contribution is 5.81. The van der Waals surface area contributed by atoms with Crippen molar-refractivity contribution in [3.63, 3.8) is 0 Å². The number of amides is 1. The van der Waals surface area contributed by atoms with E-state index in [4.69, 9.17) is 5.73 Å². The molecule has 0 aliphatic carbocycles. The number of rotatable bonds is 2. The third kappa shape index (κ3) is 2.44.